The molecule has 1 rings (SSSR count). The van der Waals surface area contributed by atoms with E-state index >= 15 is 0 Å². The molecular weight excluding hydrogens is 272 g/mol. The van der Waals surface area contributed by atoms with Gasteiger partial charge in [-0.1, -0.05) is 0 Å². The van der Waals surface area contributed by atoms with Crippen molar-refractivity contribution in [1.29, 1.82) is 0 Å². The third kappa shape index (κ3) is 7.29. The van der Waals surface area contributed by atoms with Crippen LogP contribution < -0.4 is 27.4 Å². The van der Waals surface area contributed by atoms with Gasteiger partial charge in [-0.3, -0.25) is 0 Å². The van der Waals surface area contributed by atoms with E-state index in [1.165, 1.54) is 0 Å². The summed E-state index contributed by atoms with van der Waals surface area (Å²) in [4.78, 5) is 28.3. The van der Waals surface area contributed by atoms with Crippen LogP contribution in [0.25, 0.3) is 0 Å². The van der Waals surface area contributed by atoms with Crippen LogP contribution in [-0.4, -0.2) is 26.9 Å². The van der Waals surface area contributed by atoms with Crippen LogP contribution >= 0.6 is 0 Å². The predicted octanol–water partition coefficient (Wildman–Crippen LogP) is -4.90. The molecule has 0 fully saturated rings. The molecule has 1 aromatic heterocycles. The molecule has 0 bridgehead atoms. The molecule has 0 aromatic carbocycles. The number of hydrogen-bond acceptors (Lipinski definition) is 10. The minimum Gasteiger partial charge on any atom is -0.543 e. The zero-order valence-corrected chi connectivity index (χ0v) is 8.45. The van der Waals surface area contributed by atoms with Crippen LogP contribution in [0.1, 0.15) is 0 Å². The van der Waals surface area contributed by atoms with Gasteiger partial charge in [-0.25, -0.2) is 0 Å². The van der Waals surface area contributed by atoms with Gasteiger partial charge in [-0.2, -0.15) is 15.0 Å². The van der Waals surface area contributed by atoms with Gasteiger partial charge in [0.1, 0.15) is 0 Å². The van der Waals surface area contributed by atoms with Crippen LogP contribution in [0.4, 0.5) is 17.8 Å². The van der Waals surface area contributed by atoms with Crippen LogP contribution in [0.15, 0.2) is 0 Å². The Morgan fingerprint density at radius 3 is 1.12 bits per heavy atom. The molecule has 0 aliphatic rings. The first kappa shape index (κ1) is 16.3. The summed E-state index contributed by atoms with van der Waals surface area (Å²) in [7, 11) is 0. The summed E-state index contributed by atoms with van der Waals surface area (Å²) < 4.78 is 0. The van der Waals surface area contributed by atoms with Crippen LogP contribution in [0, 0.1) is 0 Å². The van der Waals surface area contributed by atoms with Crippen molar-refractivity contribution in [2.75, 3.05) is 17.2 Å². The predicted molar refractivity (Wildman–Crippen MR) is 43.1 cm³/mol. The number of carboxylic acids is 2. The van der Waals surface area contributed by atoms with E-state index in [4.69, 9.17) is 37.0 Å². The van der Waals surface area contributed by atoms with Gasteiger partial charge in [-0.15, -0.1) is 0 Å². The number of hydrogen-bond donors (Lipinski definition) is 3. The van der Waals surface area contributed by atoms with Gasteiger partial charge in [0.15, 0.2) is 0 Å². The van der Waals surface area contributed by atoms with Crippen LogP contribution in [0.5, 0.6) is 0 Å². The fourth-order valence-corrected chi connectivity index (χ4v) is 0.427. The van der Waals surface area contributed by atoms with Crippen molar-refractivity contribution in [1.82, 2.24) is 15.0 Å². The fraction of sp³-hybridized carbons (Fsp3) is 0. The topological polar surface area (TPSA) is 197 Å². The average Bonchev–Trinajstić information content (AvgIpc) is 2.01. The van der Waals surface area contributed by atoms with Gasteiger partial charge >= 0.3 is 17.1 Å². The number of carboxylic acid groups (broad SMARTS) is 2. The molecule has 0 unspecified atom stereocenters. The maximum atomic E-state index is 8.93. The van der Waals surface area contributed by atoms with E-state index in [-0.39, 0.29) is 34.9 Å². The molecule has 0 saturated heterocycles. The number of anilines is 3. The Morgan fingerprint density at radius 1 is 0.812 bits per heavy atom. The molecule has 0 aliphatic carbocycles. The standard InChI is InChI=1S/C3H6N6.C2H2O4.Cu/c4-1-7-2(5)9-3(6)8-1;3-1(4)2(5)6;/h(H6,4,5,6,7,8,9);(H,3,4)(H,5,6);/q;;+2/p-2. The molecule has 10 nitrogen and oxygen atoms in total. The largest absolute Gasteiger partial charge is 2.00 e. The van der Waals surface area contributed by atoms with E-state index in [9.17, 15) is 0 Å². The molecule has 0 saturated carbocycles. The van der Waals surface area contributed by atoms with E-state index in [0.717, 1.165) is 0 Å². The van der Waals surface area contributed by atoms with Gasteiger partial charge in [0.2, 0.25) is 17.8 Å². The summed E-state index contributed by atoms with van der Waals surface area (Å²) >= 11 is 0. The number of nitrogen functional groups attached to an aromatic ring is 3. The Bertz CT molecular complexity index is 323. The summed E-state index contributed by atoms with van der Waals surface area (Å²) in [6.45, 7) is 0. The minimum atomic E-state index is -2.19. The van der Waals surface area contributed by atoms with Crippen LogP contribution in [0.3, 0.4) is 0 Å². The average molecular weight is 278 g/mol. The zero-order valence-electron chi connectivity index (χ0n) is 7.51. The molecule has 6 N–H and O–H groups in total. The first-order valence-corrected chi connectivity index (χ1v) is 3.27. The molecule has 11 heteroatoms. The van der Waals surface area contributed by atoms with Crippen molar-refractivity contribution in [2.24, 2.45) is 0 Å². The Balaban J connectivity index is 0. The van der Waals surface area contributed by atoms with Gasteiger partial charge in [0.05, 0.1) is 11.9 Å². The summed E-state index contributed by atoms with van der Waals surface area (Å²) in [5.41, 5.74) is 15.4. The second-order valence-corrected chi connectivity index (χ2v) is 1.98. The summed E-state index contributed by atoms with van der Waals surface area (Å²) in [6.07, 6.45) is 0. The molecule has 91 valence electrons. The van der Waals surface area contributed by atoms with E-state index in [1.807, 2.05) is 0 Å². The first-order chi connectivity index (χ1) is 6.82. The second-order valence-electron chi connectivity index (χ2n) is 1.98. The summed E-state index contributed by atoms with van der Waals surface area (Å²) in [5.74, 6) is -4.25. The van der Waals surface area contributed by atoms with Crippen molar-refractivity contribution < 1.29 is 36.9 Å². The molecule has 0 amide bonds. The Labute approximate surface area is 99.4 Å². The summed E-state index contributed by atoms with van der Waals surface area (Å²) in [6, 6.07) is 0. The van der Waals surface area contributed by atoms with Crippen LogP contribution in [-0.2, 0) is 26.7 Å². The van der Waals surface area contributed by atoms with E-state index in [1.54, 1.807) is 0 Å². The van der Waals surface area contributed by atoms with Crippen molar-refractivity contribution in [2.45, 2.75) is 0 Å². The van der Waals surface area contributed by atoms with E-state index in [0.29, 0.717) is 0 Å². The van der Waals surface area contributed by atoms with Crippen LogP contribution in [0.2, 0.25) is 0 Å². The number of aromatic nitrogens is 3. The fourth-order valence-electron chi connectivity index (χ4n) is 0.427. The van der Waals surface area contributed by atoms with Gasteiger partial charge in [0, 0.05) is 0 Å². The number of aliphatic carboxylic acids is 2. The number of carbonyl (C=O) groups excluding carboxylic acids is 2. The molecule has 1 radical (unpaired) electrons. The molecule has 1 aromatic rings. The number of nitrogens with two attached hydrogens (primary N) is 3. The molecule has 0 aliphatic heterocycles. The van der Waals surface area contributed by atoms with E-state index in [2.05, 4.69) is 15.0 Å². The van der Waals surface area contributed by atoms with Gasteiger partial charge in [-0.05, 0) is 0 Å². The number of rotatable bonds is 0. The third-order valence-electron chi connectivity index (χ3n) is 0.854. The van der Waals surface area contributed by atoms with Gasteiger partial charge in [0.25, 0.3) is 0 Å². The Hall–Kier alpha value is -2.13. The smallest absolute Gasteiger partial charge is 0.543 e. The van der Waals surface area contributed by atoms with Crippen molar-refractivity contribution in [3.05, 3.63) is 0 Å². The Morgan fingerprint density at radius 2 is 1.00 bits per heavy atom. The zero-order chi connectivity index (χ0) is 12.0. The SMILES string of the molecule is Nc1nc(N)nc(N)n1.O=C([O-])C(=O)[O-].[Cu+2]. The molecule has 16 heavy (non-hydrogen) atoms. The summed E-state index contributed by atoms with van der Waals surface area (Å²) in [5, 5.41) is 17.9. The molecule has 0 spiro atoms. The van der Waals surface area contributed by atoms with Crippen molar-refractivity contribution >= 4 is 29.8 Å². The Kier molecular flexibility index (Phi) is 7.34. The van der Waals surface area contributed by atoms with Crippen molar-refractivity contribution in [3.63, 3.8) is 0 Å². The molecular formula is C5H6CuN6O4. The van der Waals surface area contributed by atoms with Gasteiger partial charge < -0.3 is 37.0 Å². The first-order valence-electron chi connectivity index (χ1n) is 3.27. The minimum absolute atomic E-state index is 0. The monoisotopic (exact) mass is 277 g/mol. The third-order valence-corrected chi connectivity index (χ3v) is 0.854. The molecule has 0 atom stereocenters. The quantitative estimate of drug-likeness (QED) is 0.305. The second kappa shape index (κ2) is 7.20. The maximum Gasteiger partial charge on any atom is 2.00 e. The number of nitrogens with zero attached hydrogens (tertiary/aromatic N) is 3. The van der Waals surface area contributed by atoms with E-state index < -0.39 is 11.9 Å². The molecule has 1 heterocycles. The van der Waals surface area contributed by atoms with Crippen molar-refractivity contribution in [3.8, 4) is 0 Å². The normalized spacial score (nSPS) is 8.00. The maximum absolute atomic E-state index is 8.93. The number of carbonyl (C=O) groups is 2.